The molecule has 102 valence electrons. The van der Waals surface area contributed by atoms with Crippen molar-refractivity contribution < 1.29 is 0 Å². The molecule has 0 amide bonds. The van der Waals surface area contributed by atoms with Gasteiger partial charge in [-0.25, -0.2) is 0 Å². The third kappa shape index (κ3) is 3.86. The molecular formula is C14H22Cl2N2. The lowest BCUT2D eigenvalue weighted by atomic mass is 10.0. The topological polar surface area (TPSA) is 15.3 Å². The summed E-state index contributed by atoms with van der Waals surface area (Å²) < 4.78 is 0. The van der Waals surface area contributed by atoms with E-state index in [1.165, 1.54) is 5.56 Å². The second kappa shape index (κ2) is 6.76. The first-order valence-electron chi connectivity index (χ1n) is 6.32. The van der Waals surface area contributed by atoms with Gasteiger partial charge in [-0.15, -0.1) is 12.4 Å². The molecule has 0 saturated carbocycles. The summed E-state index contributed by atoms with van der Waals surface area (Å²) in [5, 5.41) is 4.37. The fourth-order valence-electron chi connectivity index (χ4n) is 2.64. The molecule has 0 bridgehead atoms. The zero-order valence-corrected chi connectivity index (χ0v) is 12.8. The minimum atomic E-state index is 0. The van der Waals surface area contributed by atoms with Gasteiger partial charge in [0.2, 0.25) is 0 Å². The Balaban J connectivity index is 0.00000162. The van der Waals surface area contributed by atoms with Crippen molar-refractivity contribution in [3.63, 3.8) is 0 Å². The van der Waals surface area contributed by atoms with Crippen LogP contribution in [0.2, 0.25) is 5.02 Å². The minimum absolute atomic E-state index is 0. The first-order valence-corrected chi connectivity index (χ1v) is 6.69. The molecule has 0 radical (unpaired) electrons. The number of hydrogen-bond acceptors (Lipinski definition) is 2. The SMILES string of the molecule is CC1CN(C(C)c2ccc(Cl)cc2)CC(C)N1.Cl. The van der Waals surface area contributed by atoms with Crippen LogP contribution >= 0.6 is 24.0 Å². The van der Waals surface area contributed by atoms with Crippen LogP contribution in [-0.2, 0) is 0 Å². The second-order valence-electron chi connectivity index (χ2n) is 5.15. The highest BCUT2D eigenvalue weighted by molar-refractivity contribution is 6.30. The molecule has 1 aliphatic rings. The minimum Gasteiger partial charge on any atom is -0.309 e. The molecule has 1 aromatic rings. The summed E-state index contributed by atoms with van der Waals surface area (Å²) >= 11 is 5.92. The molecule has 0 spiro atoms. The molecule has 2 nitrogen and oxygen atoms in total. The van der Waals surface area contributed by atoms with Gasteiger partial charge in [0.15, 0.2) is 0 Å². The van der Waals surface area contributed by atoms with E-state index in [1.54, 1.807) is 0 Å². The summed E-state index contributed by atoms with van der Waals surface area (Å²) in [5.74, 6) is 0. The van der Waals surface area contributed by atoms with Crippen molar-refractivity contribution in [2.75, 3.05) is 13.1 Å². The molecule has 0 aromatic heterocycles. The Bertz CT molecular complexity index is 357. The monoisotopic (exact) mass is 288 g/mol. The zero-order chi connectivity index (χ0) is 12.4. The summed E-state index contributed by atoms with van der Waals surface area (Å²) in [4.78, 5) is 2.54. The van der Waals surface area contributed by atoms with Crippen LogP contribution in [0.25, 0.3) is 0 Å². The third-order valence-corrected chi connectivity index (χ3v) is 3.74. The Kier molecular flexibility index (Phi) is 5.93. The number of hydrogen-bond donors (Lipinski definition) is 1. The predicted octanol–water partition coefficient (Wildman–Crippen LogP) is 3.51. The fourth-order valence-corrected chi connectivity index (χ4v) is 2.76. The molecule has 1 N–H and O–H groups in total. The Morgan fingerprint density at radius 3 is 2.17 bits per heavy atom. The number of benzene rings is 1. The van der Waals surface area contributed by atoms with Gasteiger partial charge in [0.05, 0.1) is 0 Å². The van der Waals surface area contributed by atoms with Gasteiger partial charge in [0, 0.05) is 36.2 Å². The lowest BCUT2D eigenvalue weighted by Crippen LogP contribution is -2.54. The quantitative estimate of drug-likeness (QED) is 0.896. The van der Waals surface area contributed by atoms with Gasteiger partial charge in [-0.1, -0.05) is 23.7 Å². The van der Waals surface area contributed by atoms with Crippen molar-refractivity contribution in [1.29, 1.82) is 0 Å². The van der Waals surface area contributed by atoms with Crippen molar-refractivity contribution in [2.24, 2.45) is 0 Å². The second-order valence-corrected chi connectivity index (χ2v) is 5.59. The number of nitrogens with one attached hydrogen (secondary N) is 1. The van der Waals surface area contributed by atoms with E-state index in [0.29, 0.717) is 18.1 Å². The van der Waals surface area contributed by atoms with Gasteiger partial charge in [-0.2, -0.15) is 0 Å². The Hall–Kier alpha value is -0.280. The van der Waals surface area contributed by atoms with Gasteiger partial charge in [0.1, 0.15) is 0 Å². The van der Waals surface area contributed by atoms with Crippen LogP contribution in [0.4, 0.5) is 0 Å². The summed E-state index contributed by atoms with van der Waals surface area (Å²) in [6.45, 7) is 8.98. The van der Waals surface area contributed by atoms with Crippen molar-refractivity contribution in [1.82, 2.24) is 10.2 Å². The molecule has 3 atom stereocenters. The van der Waals surface area contributed by atoms with Gasteiger partial charge in [-0.05, 0) is 38.5 Å². The molecular weight excluding hydrogens is 267 g/mol. The molecule has 18 heavy (non-hydrogen) atoms. The normalized spacial score (nSPS) is 26.4. The van der Waals surface area contributed by atoms with Gasteiger partial charge in [0.25, 0.3) is 0 Å². The van der Waals surface area contributed by atoms with Gasteiger partial charge >= 0.3 is 0 Å². The van der Waals surface area contributed by atoms with Crippen molar-refractivity contribution in [2.45, 2.75) is 38.9 Å². The van der Waals surface area contributed by atoms with Crippen molar-refractivity contribution >= 4 is 24.0 Å². The lowest BCUT2D eigenvalue weighted by molar-refractivity contribution is 0.131. The number of rotatable bonds is 2. The molecule has 2 rings (SSSR count). The molecule has 3 unspecified atom stereocenters. The Morgan fingerprint density at radius 1 is 1.17 bits per heavy atom. The standard InChI is InChI=1S/C14H21ClN2.ClH/c1-10-8-17(9-11(2)16-10)12(3)13-4-6-14(15)7-5-13;/h4-7,10-12,16H,8-9H2,1-3H3;1H. The Morgan fingerprint density at radius 2 is 1.67 bits per heavy atom. The van der Waals surface area contributed by atoms with Crippen LogP contribution in [0.15, 0.2) is 24.3 Å². The third-order valence-electron chi connectivity index (χ3n) is 3.49. The van der Waals surface area contributed by atoms with Crippen LogP contribution < -0.4 is 5.32 Å². The maximum absolute atomic E-state index is 5.92. The molecule has 4 heteroatoms. The van der Waals surface area contributed by atoms with Crippen LogP contribution in [-0.4, -0.2) is 30.1 Å². The van der Waals surface area contributed by atoms with Crippen molar-refractivity contribution in [3.05, 3.63) is 34.9 Å². The maximum Gasteiger partial charge on any atom is 0.0406 e. The molecule has 1 fully saturated rings. The molecule has 1 aromatic carbocycles. The van der Waals surface area contributed by atoms with Crippen LogP contribution in [0.1, 0.15) is 32.4 Å². The highest BCUT2D eigenvalue weighted by Crippen LogP contribution is 2.23. The van der Waals surface area contributed by atoms with Gasteiger partial charge < -0.3 is 5.32 Å². The zero-order valence-electron chi connectivity index (χ0n) is 11.2. The van der Waals surface area contributed by atoms with E-state index < -0.39 is 0 Å². The summed E-state index contributed by atoms with van der Waals surface area (Å²) in [6, 6.07) is 9.79. The van der Waals surface area contributed by atoms with Crippen LogP contribution in [0.3, 0.4) is 0 Å². The summed E-state index contributed by atoms with van der Waals surface area (Å²) in [6.07, 6.45) is 0. The van der Waals surface area contributed by atoms with E-state index in [1.807, 2.05) is 12.1 Å². The van der Waals surface area contributed by atoms with Gasteiger partial charge in [-0.3, -0.25) is 4.90 Å². The molecule has 0 aliphatic carbocycles. The lowest BCUT2D eigenvalue weighted by Gasteiger charge is -2.39. The highest BCUT2D eigenvalue weighted by Gasteiger charge is 2.25. The number of halogens is 2. The maximum atomic E-state index is 5.92. The fraction of sp³-hybridized carbons (Fsp3) is 0.571. The number of piperazine rings is 1. The van der Waals surface area contributed by atoms with E-state index in [2.05, 4.69) is 43.1 Å². The predicted molar refractivity (Wildman–Crippen MR) is 80.7 cm³/mol. The smallest absolute Gasteiger partial charge is 0.0406 e. The van der Waals surface area contributed by atoms with Crippen LogP contribution in [0, 0.1) is 0 Å². The summed E-state index contributed by atoms with van der Waals surface area (Å²) in [5.41, 5.74) is 1.34. The molecule has 1 aliphatic heterocycles. The average molecular weight is 289 g/mol. The number of nitrogens with zero attached hydrogens (tertiary/aromatic N) is 1. The Labute approximate surface area is 121 Å². The van der Waals surface area contributed by atoms with Crippen LogP contribution in [0.5, 0.6) is 0 Å². The average Bonchev–Trinajstić information content (AvgIpc) is 2.28. The largest absolute Gasteiger partial charge is 0.309 e. The van der Waals surface area contributed by atoms with E-state index in [4.69, 9.17) is 11.6 Å². The van der Waals surface area contributed by atoms with Crippen molar-refractivity contribution in [3.8, 4) is 0 Å². The molecule has 1 saturated heterocycles. The first-order chi connectivity index (χ1) is 8.06. The van der Waals surface area contributed by atoms with E-state index in [9.17, 15) is 0 Å². The van der Waals surface area contributed by atoms with E-state index in [0.717, 1.165) is 18.1 Å². The summed E-state index contributed by atoms with van der Waals surface area (Å²) in [7, 11) is 0. The first kappa shape index (κ1) is 15.8. The molecule has 1 heterocycles. The van der Waals surface area contributed by atoms with E-state index in [-0.39, 0.29) is 12.4 Å². The highest BCUT2D eigenvalue weighted by atomic mass is 35.5. The van der Waals surface area contributed by atoms with E-state index >= 15 is 0 Å².